The van der Waals surface area contributed by atoms with Crippen molar-refractivity contribution in [3.8, 4) is 0 Å². The van der Waals surface area contributed by atoms with Crippen LogP contribution < -0.4 is 43.0 Å². The number of thioether (sulfide) groups is 1. The minimum Gasteiger partial charge on any atom is -1.00 e. The summed E-state index contributed by atoms with van der Waals surface area (Å²) in [5.74, 6) is 1.05. The van der Waals surface area contributed by atoms with Crippen molar-refractivity contribution >= 4 is 34.7 Å². The van der Waals surface area contributed by atoms with Gasteiger partial charge in [0.05, 0.1) is 0 Å². The zero-order valence-corrected chi connectivity index (χ0v) is 16.1. The Morgan fingerprint density at radius 3 is 2.11 bits per heavy atom. The molecule has 7 heteroatoms. The number of nitrogens with two attached hydrogens (primary N) is 1. The van der Waals surface area contributed by atoms with Crippen LogP contribution in [0.2, 0.25) is 0 Å². The maximum atomic E-state index is 5.95. The molecule has 0 bridgehead atoms. The number of benzene rings is 1. The third-order valence-electron chi connectivity index (χ3n) is 2.17. The Labute approximate surface area is 146 Å². The minimum absolute atomic E-state index is 0. The van der Waals surface area contributed by atoms with Crippen molar-refractivity contribution in [3.63, 3.8) is 0 Å². The Balaban J connectivity index is -0.000000750. The van der Waals surface area contributed by atoms with E-state index in [2.05, 4.69) is 19.1 Å². The molecule has 2 unspecified atom stereocenters. The summed E-state index contributed by atoms with van der Waals surface area (Å²) in [4.78, 5) is 0. The smallest absolute Gasteiger partial charge is 1.00 e. The van der Waals surface area contributed by atoms with E-state index in [9.17, 15) is 0 Å². The quantitative estimate of drug-likeness (QED) is 0.369. The molecular formula is C11H16Cl3NOSSn. The van der Waals surface area contributed by atoms with Crippen molar-refractivity contribution in [2.75, 3.05) is 5.75 Å². The molecule has 0 aliphatic rings. The largest absolute Gasteiger partial charge is 1.00 e. The van der Waals surface area contributed by atoms with Gasteiger partial charge in [0.25, 0.3) is 0 Å². The van der Waals surface area contributed by atoms with Crippen molar-refractivity contribution in [1.29, 1.82) is 0 Å². The van der Waals surface area contributed by atoms with Crippen LogP contribution in [0, 0.1) is 0 Å². The molecule has 0 radical (unpaired) electrons. The van der Waals surface area contributed by atoms with Crippen LogP contribution in [-0.4, -0.2) is 28.7 Å². The Bertz CT molecular complexity index is 318. The van der Waals surface area contributed by atoms with Gasteiger partial charge in [-0.25, -0.2) is 0 Å². The molecule has 0 aliphatic heterocycles. The zero-order valence-electron chi connectivity index (χ0n) is 10.2. The first-order valence-corrected chi connectivity index (χ1v) is 7.20. The zero-order chi connectivity index (χ0) is 11.3. The molecular weight excluding hydrogens is 419 g/mol. The summed E-state index contributed by atoms with van der Waals surface area (Å²) < 4.78 is 5.56. The van der Waals surface area contributed by atoms with E-state index in [-0.39, 0.29) is 48.7 Å². The van der Waals surface area contributed by atoms with Gasteiger partial charge in [-0.15, -0.1) is 0 Å². The Hall–Kier alpha value is 1.16. The molecule has 0 saturated heterocycles. The molecule has 1 rings (SSSR count). The standard InChI is InChI=1S/C11H16NOS.3ClH.Sn/c1-3-14-11(13)10-7-5-4-6-9(10)8(2)12;;;;/h4-8,11H,3,12H2,1-2H3;3*1H;/q-1;;;;+4/p-3. The van der Waals surface area contributed by atoms with Crippen LogP contribution in [0.5, 0.6) is 0 Å². The van der Waals surface area contributed by atoms with Gasteiger partial charge >= 0.3 is 110 Å². The van der Waals surface area contributed by atoms with E-state index >= 15 is 0 Å². The van der Waals surface area contributed by atoms with Gasteiger partial charge in [0.15, 0.2) is 0 Å². The Morgan fingerprint density at radius 2 is 1.72 bits per heavy atom. The van der Waals surface area contributed by atoms with Gasteiger partial charge in [0.2, 0.25) is 0 Å². The predicted octanol–water partition coefficient (Wildman–Crippen LogP) is -6.43. The van der Waals surface area contributed by atoms with Crippen molar-refractivity contribution in [1.82, 2.24) is 0 Å². The van der Waals surface area contributed by atoms with E-state index in [0.29, 0.717) is 0 Å². The normalized spacial score (nSPS) is 12.5. The van der Waals surface area contributed by atoms with Gasteiger partial charge in [-0.1, -0.05) is 0 Å². The predicted molar refractivity (Wildman–Crippen MR) is 66.8 cm³/mol. The maximum absolute atomic E-state index is 5.95. The van der Waals surface area contributed by atoms with E-state index in [4.69, 9.17) is 8.81 Å². The van der Waals surface area contributed by atoms with Crippen LogP contribution in [-0.2, 0) is 3.07 Å². The third-order valence-corrected chi connectivity index (χ3v) is 4.31. The molecule has 1 aromatic carbocycles. The topological polar surface area (TPSA) is 35.2 Å². The second kappa shape index (κ2) is 13.2. The fourth-order valence-corrected chi connectivity index (χ4v) is 3.19. The van der Waals surface area contributed by atoms with Gasteiger partial charge in [0.1, 0.15) is 0 Å². The molecule has 1 aromatic rings. The summed E-state index contributed by atoms with van der Waals surface area (Å²) in [5, 5.41) is 0. The second-order valence-corrected chi connectivity index (χ2v) is 5.33. The van der Waals surface area contributed by atoms with Crippen molar-refractivity contribution in [2.45, 2.75) is 25.3 Å². The number of halogens is 3. The monoisotopic (exact) mass is 435 g/mol. The van der Waals surface area contributed by atoms with Crippen LogP contribution in [0.15, 0.2) is 24.3 Å². The van der Waals surface area contributed by atoms with Gasteiger partial charge in [-0.2, -0.15) is 0 Å². The molecule has 0 aliphatic carbocycles. The molecule has 0 spiro atoms. The summed E-state index contributed by atoms with van der Waals surface area (Å²) in [5.41, 5.74) is 8.48. The average molecular weight is 435 g/mol. The average Bonchev–Trinajstić information content (AvgIpc) is 2.26. The van der Waals surface area contributed by atoms with Crippen molar-refractivity contribution in [3.05, 3.63) is 35.4 Å². The molecule has 0 amide bonds. The van der Waals surface area contributed by atoms with E-state index in [1.54, 1.807) is 11.8 Å². The van der Waals surface area contributed by atoms with E-state index in [1.807, 2.05) is 19.1 Å². The summed E-state index contributed by atoms with van der Waals surface area (Å²) >= 11 is 2.91. The third kappa shape index (κ3) is 7.08. The van der Waals surface area contributed by atoms with Crippen LogP contribution in [0.25, 0.3) is 0 Å². The fraction of sp³-hybridized carbons (Fsp3) is 0.455. The minimum atomic E-state index is 0. The summed E-state index contributed by atoms with van der Waals surface area (Å²) in [6.07, 6.45) is 0. The first-order valence-electron chi connectivity index (χ1n) is 4.99. The SMILES string of the molecule is CCSC([O][Sn+3])c1ccccc1C(C)N.[Cl-].[Cl-].[Cl-]. The molecule has 2 nitrogen and oxygen atoms in total. The number of hydrogen-bond donors (Lipinski definition) is 1. The Morgan fingerprint density at radius 1 is 1.22 bits per heavy atom. The molecule has 0 saturated carbocycles. The summed E-state index contributed by atoms with van der Waals surface area (Å²) in [6.45, 7) is 4.15. The number of hydrogen-bond acceptors (Lipinski definition) is 3. The maximum Gasteiger partial charge on any atom is -1.00 e. The Kier molecular flexibility index (Phi) is 17.7. The number of rotatable bonds is 5. The molecule has 0 fully saturated rings. The van der Waals surface area contributed by atoms with E-state index in [0.717, 1.165) is 28.7 Å². The van der Waals surface area contributed by atoms with Gasteiger partial charge in [0, 0.05) is 0 Å². The van der Waals surface area contributed by atoms with Crippen molar-refractivity contribution in [2.24, 2.45) is 5.73 Å². The van der Waals surface area contributed by atoms with Crippen LogP contribution in [0.3, 0.4) is 0 Å². The van der Waals surface area contributed by atoms with Gasteiger partial charge < -0.3 is 37.2 Å². The summed E-state index contributed by atoms with van der Waals surface area (Å²) in [7, 11) is 0. The first kappa shape index (κ1) is 24.2. The second-order valence-electron chi connectivity index (χ2n) is 3.32. The molecule has 0 aromatic heterocycles. The van der Waals surface area contributed by atoms with Gasteiger partial charge in [-0.05, 0) is 0 Å². The molecule has 18 heavy (non-hydrogen) atoms. The first-order chi connectivity index (χ1) is 7.20. The molecule has 2 atom stereocenters. The molecule has 102 valence electrons. The summed E-state index contributed by atoms with van der Waals surface area (Å²) in [6, 6.07) is 8.32. The van der Waals surface area contributed by atoms with Crippen LogP contribution >= 0.6 is 11.8 Å². The molecule has 0 heterocycles. The van der Waals surface area contributed by atoms with E-state index in [1.165, 1.54) is 11.1 Å². The van der Waals surface area contributed by atoms with E-state index < -0.39 is 0 Å². The van der Waals surface area contributed by atoms with Crippen molar-refractivity contribution < 1.29 is 40.3 Å². The molecule has 2 N–H and O–H groups in total. The van der Waals surface area contributed by atoms with Crippen LogP contribution in [0.4, 0.5) is 0 Å². The van der Waals surface area contributed by atoms with Crippen LogP contribution in [0.1, 0.15) is 36.5 Å². The fourth-order valence-electron chi connectivity index (χ4n) is 1.48. The van der Waals surface area contributed by atoms with Gasteiger partial charge in [-0.3, -0.25) is 0 Å².